The molecular formula is C13H24N2O3. The van der Waals surface area contributed by atoms with Gasteiger partial charge in [0, 0.05) is 12.1 Å². The van der Waals surface area contributed by atoms with Gasteiger partial charge in [0.1, 0.15) is 6.54 Å². The van der Waals surface area contributed by atoms with Crippen molar-refractivity contribution < 1.29 is 14.7 Å². The fourth-order valence-corrected chi connectivity index (χ4v) is 1.94. The van der Waals surface area contributed by atoms with E-state index in [1.165, 1.54) is 4.90 Å². The Labute approximate surface area is 109 Å². The molecule has 0 saturated heterocycles. The first-order valence-corrected chi connectivity index (χ1v) is 6.47. The zero-order valence-corrected chi connectivity index (χ0v) is 11.7. The van der Waals surface area contributed by atoms with Gasteiger partial charge in [-0.15, -0.1) is 0 Å². The Morgan fingerprint density at radius 1 is 1.33 bits per heavy atom. The average molecular weight is 256 g/mol. The fraction of sp³-hybridized carbons (Fsp3) is 0.846. The van der Waals surface area contributed by atoms with Crippen molar-refractivity contribution in [2.45, 2.75) is 52.5 Å². The van der Waals surface area contributed by atoms with Crippen molar-refractivity contribution >= 4 is 12.0 Å². The molecule has 0 heterocycles. The minimum atomic E-state index is -0.989. The molecular weight excluding hydrogens is 232 g/mol. The molecule has 2 amide bonds. The summed E-state index contributed by atoms with van der Waals surface area (Å²) < 4.78 is 0. The summed E-state index contributed by atoms with van der Waals surface area (Å²) in [5, 5.41) is 11.7. The van der Waals surface area contributed by atoms with Crippen LogP contribution in [0.2, 0.25) is 0 Å². The molecule has 0 bridgehead atoms. The van der Waals surface area contributed by atoms with Gasteiger partial charge in [-0.05, 0) is 45.4 Å². The molecule has 0 aromatic heterocycles. The zero-order chi connectivity index (χ0) is 14.0. The predicted molar refractivity (Wildman–Crippen MR) is 69.5 cm³/mol. The molecule has 0 aromatic carbocycles. The zero-order valence-electron chi connectivity index (χ0n) is 11.7. The van der Waals surface area contributed by atoms with E-state index in [-0.39, 0.29) is 18.0 Å². The number of hydrogen-bond acceptors (Lipinski definition) is 2. The molecule has 1 aliphatic carbocycles. The second-order valence-corrected chi connectivity index (χ2v) is 6.16. The number of carbonyl (C=O) groups excluding carboxylic acids is 1. The number of hydrogen-bond donors (Lipinski definition) is 2. The van der Waals surface area contributed by atoms with E-state index in [4.69, 9.17) is 5.11 Å². The highest BCUT2D eigenvalue weighted by Crippen LogP contribution is 2.47. The molecule has 1 saturated carbocycles. The number of carboxylic acid groups (broad SMARTS) is 1. The Balaban J connectivity index is 2.57. The third-order valence-electron chi connectivity index (χ3n) is 3.67. The molecule has 18 heavy (non-hydrogen) atoms. The maximum Gasteiger partial charge on any atom is 0.323 e. The second kappa shape index (κ2) is 5.16. The van der Waals surface area contributed by atoms with Gasteiger partial charge in [0.05, 0.1) is 0 Å². The Morgan fingerprint density at radius 3 is 2.22 bits per heavy atom. The van der Waals surface area contributed by atoms with Gasteiger partial charge in [-0.25, -0.2) is 4.79 Å². The van der Waals surface area contributed by atoms with Crippen LogP contribution in [-0.2, 0) is 4.79 Å². The maximum absolute atomic E-state index is 12.1. The molecule has 1 rings (SSSR count). The van der Waals surface area contributed by atoms with Gasteiger partial charge in [-0.1, -0.05) is 6.92 Å². The molecule has 5 nitrogen and oxygen atoms in total. The third-order valence-corrected chi connectivity index (χ3v) is 3.67. The predicted octanol–water partition coefficient (Wildman–Crippen LogP) is 2.07. The van der Waals surface area contributed by atoms with E-state index in [1.54, 1.807) is 0 Å². The molecule has 0 aromatic rings. The van der Waals surface area contributed by atoms with Gasteiger partial charge in [-0.3, -0.25) is 4.79 Å². The molecule has 1 aliphatic rings. The van der Waals surface area contributed by atoms with Crippen molar-refractivity contribution in [1.82, 2.24) is 10.2 Å². The van der Waals surface area contributed by atoms with Crippen molar-refractivity contribution in [3.05, 3.63) is 0 Å². The maximum atomic E-state index is 12.1. The second-order valence-electron chi connectivity index (χ2n) is 6.16. The number of carbonyl (C=O) groups is 2. The normalized spacial score (nSPS) is 17.1. The van der Waals surface area contributed by atoms with Crippen LogP contribution in [0, 0.1) is 5.41 Å². The van der Waals surface area contributed by atoms with Crippen LogP contribution in [0.15, 0.2) is 0 Å². The fourth-order valence-electron chi connectivity index (χ4n) is 1.94. The summed E-state index contributed by atoms with van der Waals surface area (Å²) in [5.41, 5.74) is -0.228. The minimum Gasteiger partial charge on any atom is -0.480 e. The molecule has 0 atom stereocenters. The minimum absolute atomic E-state index is 0.266. The van der Waals surface area contributed by atoms with Crippen LogP contribution in [0.1, 0.15) is 47.0 Å². The van der Waals surface area contributed by atoms with Gasteiger partial charge in [-0.2, -0.15) is 0 Å². The largest absolute Gasteiger partial charge is 0.480 e. The molecule has 0 unspecified atom stereocenters. The number of nitrogens with one attached hydrogen (secondary N) is 1. The molecule has 5 heteroatoms. The highest BCUT2D eigenvalue weighted by molar-refractivity contribution is 5.80. The molecule has 104 valence electrons. The number of nitrogens with zero attached hydrogens (tertiary/aromatic N) is 1. The van der Waals surface area contributed by atoms with Gasteiger partial charge >= 0.3 is 12.0 Å². The SMILES string of the molecule is CCC1(CNC(=O)N(CC(=O)O)C(C)(C)C)CC1. The third kappa shape index (κ3) is 3.89. The van der Waals surface area contributed by atoms with Gasteiger partial charge in [0.2, 0.25) is 0 Å². The molecule has 0 aliphatic heterocycles. The molecule has 0 spiro atoms. The van der Waals surface area contributed by atoms with Crippen LogP contribution in [0.5, 0.6) is 0 Å². The van der Waals surface area contributed by atoms with Gasteiger partial charge in [0.15, 0.2) is 0 Å². The summed E-state index contributed by atoms with van der Waals surface area (Å²) in [6.45, 7) is 8.01. The molecule has 0 radical (unpaired) electrons. The van der Waals surface area contributed by atoms with E-state index >= 15 is 0 Å². The van der Waals surface area contributed by atoms with Crippen LogP contribution in [-0.4, -0.2) is 40.6 Å². The lowest BCUT2D eigenvalue weighted by atomic mass is 10.0. The van der Waals surface area contributed by atoms with E-state index in [2.05, 4.69) is 12.2 Å². The van der Waals surface area contributed by atoms with E-state index in [9.17, 15) is 9.59 Å². The first kappa shape index (κ1) is 14.8. The number of rotatable bonds is 5. The smallest absolute Gasteiger partial charge is 0.323 e. The van der Waals surface area contributed by atoms with Gasteiger partial charge in [0.25, 0.3) is 0 Å². The van der Waals surface area contributed by atoms with Crippen molar-refractivity contribution in [3.8, 4) is 0 Å². The van der Waals surface area contributed by atoms with Crippen LogP contribution in [0.4, 0.5) is 4.79 Å². The summed E-state index contributed by atoms with van der Waals surface area (Å²) in [5.74, 6) is -0.989. The van der Waals surface area contributed by atoms with Gasteiger partial charge < -0.3 is 15.3 Å². The first-order chi connectivity index (χ1) is 8.20. The monoisotopic (exact) mass is 256 g/mol. The lowest BCUT2D eigenvalue weighted by Gasteiger charge is -2.34. The highest BCUT2D eigenvalue weighted by atomic mass is 16.4. The average Bonchev–Trinajstić information content (AvgIpc) is 3.01. The van der Waals surface area contributed by atoms with Crippen molar-refractivity contribution in [2.24, 2.45) is 5.41 Å². The molecule has 1 fully saturated rings. The Hall–Kier alpha value is -1.26. The lowest BCUT2D eigenvalue weighted by molar-refractivity contribution is -0.138. The van der Waals surface area contributed by atoms with Crippen molar-refractivity contribution in [1.29, 1.82) is 0 Å². The topological polar surface area (TPSA) is 69.6 Å². The van der Waals surface area contributed by atoms with Crippen LogP contribution in [0.25, 0.3) is 0 Å². The summed E-state index contributed by atoms with van der Waals surface area (Å²) in [4.78, 5) is 24.2. The van der Waals surface area contributed by atoms with E-state index < -0.39 is 11.5 Å². The first-order valence-electron chi connectivity index (χ1n) is 6.47. The summed E-state index contributed by atoms with van der Waals surface area (Å²) >= 11 is 0. The van der Waals surface area contributed by atoms with Crippen molar-refractivity contribution in [3.63, 3.8) is 0 Å². The van der Waals surface area contributed by atoms with E-state index in [0.29, 0.717) is 6.54 Å². The van der Waals surface area contributed by atoms with Crippen molar-refractivity contribution in [2.75, 3.05) is 13.1 Å². The summed E-state index contributed by atoms with van der Waals surface area (Å²) in [6.07, 6.45) is 3.36. The number of amides is 2. The number of carboxylic acids is 1. The van der Waals surface area contributed by atoms with Crippen LogP contribution >= 0.6 is 0 Å². The van der Waals surface area contributed by atoms with Crippen LogP contribution < -0.4 is 5.32 Å². The molecule has 2 N–H and O–H groups in total. The van der Waals surface area contributed by atoms with E-state index in [1.807, 2.05) is 20.8 Å². The lowest BCUT2D eigenvalue weighted by Crippen LogP contribution is -2.53. The number of aliphatic carboxylic acids is 1. The van der Waals surface area contributed by atoms with Crippen LogP contribution in [0.3, 0.4) is 0 Å². The van der Waals surface area contributed by atoms with E-state index in [0.717, 1.165) is 19.3 Å². The quantitative estimate of drug-likeness (QED) is 0.791. The Morgan fingerprint density at radius 2 is 1.89 bits per heavy atom. The highest BCUT2D eigenvalue weighted by Gasteiger charge is 2.41. The Kier molecular flexibility index (Phi) is 4.24. The Bertz CT molecular complexity index is 330. The standard InChI is InChI=1S/C13H24N2O3/c1-5-13(6-7-13)9-14-11(18)15(8-10(16)17)12(2,3)4/h5-9H2,1-4H3,(H,14,18)(H,16,17). The number of urea groups is 1. The summed E-state index contributed by atoms with van der Waals surface area (Å²) in [7, 11) is 0. The summed E-state index contributed by atoms with van der Waals surface area (Å²) in [6, 6.07) is -0.287.